The molecule has 0 aliphatic carbocycles. The van der Waals surface area contributed by atoms with Gasteiger partial charge in [-0.25, -0.2) is 4.98 Å². The maximum absolute atomic E-state index is 8.94. The largest absolute Gasteiger partial charge is 0.396 e. The van der Waals surface area contributed by atoms with Crippen molar-refractivity contribution in [3.05, 3.63) is 24.3 Å². The van der Waals surface area contributed by atoms with Crippen LogP contribution in [0.25, 0.3) is 10.9 Å². The smallest absolute Gasteiger partial charge is 0.224 e. The van der Waals surface area contributed by atoms with Crippen molar-refractivity contribution in [3.8, 4) is 0 Å². The lowest BCUT2D eigenvalue weighted by atomic mass is 10.2. The molecule has 1 aromatic heterocycles. The first-order chi connectivity index (χ1) is 8.74. The number of fused-ring (bicyclic) bond motifs is 1. The van der Waals surface area contributed by atoms with Crippen molar-refractivity contribution >= 4 is 22.7 Å². The molecule has 96 valence electrons. The Labute approximate surface area is 106 Å². The van der Waals surface area contributed by atoms with Crippen LogP contribution in [0.3, 0.4) is 0 Å². The van der Waals surface area contributed by atoms with Gasteiger partial charge in [0.15, 0.2) is 0 Å². The number of rotatable bonds is 5. The van der Waals surface area contributed by atoms with Crippen LogP contribution in [0.5, 0.6) is 0 Å². The fourth-order valence-corrected chi connectivity index (χ4v) is 1.80. The summed E-state index contributed by atoms with van der Waals surface area (Å²) >= 11 is 0. The van der Waals surface area contributed by atoms with Crippen molar-refractivity contribution in [1.29, 1.82) is 0 Å². The minimum absolute atomic E-state index is 0.163. The van der Waals surface area contributed by atoms with Gasteiger partial charge in [-0.05, 0) is 25.5 Å². The van der Waals surface area contributed by atoms with Gasteiger partial charge in [-0.2, -0.15) is 4.98 Å². The third-order valence-electron chi connectivity index (χ3n) is 2.77. The number of hydrogen-bond acceptors (Lipinski definition) is 5. The average molecular weight is 246 g/mol. The molecule has 0 amide bonds. The molecule has 0 radical (unpaired) electrons. The Morgan fingerprint density at radius 1 is 1.28 bits per heavy atom. The molecule has 18 heavy (non-hydrogen) atoms. The number of benzene rings is 1. The second kappa shape index (κ2) is 5.64. The van der Waals surface area contributed by atoms with Crippen LogP contribution in [0.15, 0.2) is 24.3 Å². The lowest BCUT2D eigenvalue weighted by molar-refractivity contribution is 0.282. The summed E-state index contributed by atoms with van der Waals surface area (Å²) in [7, 11) is 1.80. The third kappa shape index (κ3) is 2.68. The molecule has 1 heterocycles. The fourth-order valence-electron chi connectivity index (χ4n) is 1.80. The normalized spacial score (nSPS) is 12.4. The van der Waals surface area contributed by atoms with E-state index in [1.165, 1.54) is 0 Å². The lowest BCUT2D eigenvalue weighted by Gasteiger charge is -2.15. The minimum atomic E-state index is 0.163. The van der Waals surface area contributed by atoms with Crippen LogP contribution < -0.4 is 10.6 Å². The second-order valence-corrected chi connectivity index (χ2v) is 4.22. The molecule has 0 saturated heterocycles. The molecule has 2 rings (SSSR count). The van der Waals surface area contributed by atoms with E-state index in [2.05, 4.69) is 20.6 Å². The van der Waals surface area contributed by atoms with E-state index in [1.54, 1.807) is 7.05 Å². The minimum Gasteiger partial charge on any atom is -0.396 e. The summed E-state index contributed by atoms with van der Waals surface area (Å²) in [6, 6.07) is 8.03. The fraction of sp³-hybridized carbons (Fsp3) is 0.385. The standard InChI is InChI=1S/C13H18N4O/c1-9(7-8-18)15-12-10-5-3-4-6-11(10)16-13(14-2)17-12/h3-6,9,18H,7-8H2,1-2H3,(H2,14,15,16,17). The van der Waals surface area contributed by atoms with Gasteiger partial charge in [0.2, 0.25) is 5.95 Å². The van der Waals surface area contributed by atoms with Crippen LogP contribution in [0.1, 0.15) is 13.3 Å². The number of anilines is 2. The van der Waals surface area contributed by atoms with Gasteiger partial charge in [0.25, 0.3) is 0 Å². The van der Waals surface area contributed by atoms with Crippen molar-refractivity contribution in [3.63, 3.8) is 0 Å². The van der Waals surface area contributed by atoms with Gasteiger partial charge < -0.3 is 15.7 Å². The van der Waals surface area contributed by atoms with Gasteiger partial charge in [-0.1, -0.05) is 12.1 Å². The number of nitrogens with zero attached hydrogens (tertiary/aromatic N) is 2. The Kier molecular flexibility index (Phi) is 3.94. The summed E-state index contributed by atoms with van der Waals surface area (Å²) in [6.07, 6.45) is 0.688. The molecule has 2 aromatic rings. The Bertz CT molecular complexity index is 529. The van der Waals surface area contributed by atoms with E-state index >= 15 is 0 Å². The first-order valence-corrected chi connectivity index (χ1v) is 6.06. The van der Waals surface area contributed by atoms with E-state index in [9.17, 15) is 0 Å². The lowest BCUT2D eigenvalue weighted by Crippen LogP contribution is -2.18. The molecule has 0 fully saturated rings. The van der Waals surface area contributed by atoms with Gasteiger partial charge in [-0.15, -0.1) is 0 Å². The highest BCUT2D eigenvalue weighted by atomic mass is 16.3. The van der Waals surface area contributed by atoms with Crippen molar-refractivity contribution in [1.82, 2.24) is 9.97 Å². The quantitative estimate of drug-likeness (QED) is 0.751. The van der Waals surface area contributed by atoms with Crippen molar-refractivity contribution in [2.75, 3.05) is 24.3 Å². The van der Waals surface area contributed by atoms with Gasteiger partial charge in [0, 0.05) is 25.1 Å². The van der Waals surface area contributed by atoms with Crippen molar-refractivity contribution in [2.45, 2.75) is 19.4 Å². The number of aliphatic hydroxyl groups excluding tert-OH is 1. The van der Waals surface area contributed by atoms with Gasteiger partial charge >= 0.3 is 0 Å². The molecular weight excluding hydrogens is 228 g/mol. The molecule has 0 aliphatic heterocycles. The zero-order chi connectivity index (χ0) is 13.0. The summed E-state index contributed by atoms with van der Waals surface area (Å²) in [5.41, 5.74) is 0.899. The molecule has 0 aliphatic rings. The maximum Gasteiger partial charge on any atom is 0.224 e. The van der Waals surface area contributed by atoms with Crippen LogP contribution in [-0.4, -0.2) is 34.8 Å². The molecule has 0 bridgehead atoms. The number of para-hydroxylation sites is 1. The highest BCUT2D eigenvalue weighted by molar-refractivity contribution is 5.90. The Balaban J connectivity index is 2.40. The van der Waals surface area contributed by atoms with E-state index in [4.69, 9.17) is 5.11 Å². The van der Waals surface area contributed by atoms with Crippen molar-refractivity contribution < 1.29 is 5.11 Å². The van der Waals surface area contributed by atoms with Gasteiger partial charge in [0.1, 0.15) is 5.82 Å². The van der Waals surface area contributed by atoms with Crippen LogP contribution in [0.2, 0.25) is 0 Å². The van der Waals surface area contributed by atoms with Gasteiger partial charge in [-0.3, -0.25) is 0 Å². The molecule has 1 aromatic carbocycles. The highest BCUT2D eigenvalue weighted by Crippen LogP contribution is 2.22. The number of aliphatic hydroxyl groups is 1. The maximum atomic E-state index is 8.94. The zero-order valence-electron chi connectivity index (χ0n) is 10.6. The van der Waals surface area contributed by atoms with Crippen LogP contribution >= 0.6 is 0 Å². The number of aromatic nitrogens is 2. The Hall–Kier alpha value is -1.88. The molecule has 0 spiro atoms. The van der Waals surface area contributed by atoms with Gasteiger partial charge in [0.05, 0.1) is 5.52 Å². The van der Waals surface area contributed by atoms with Crippen LogP contribution in [0.4, 0.5) is 11.8 Å². The summed E-state index contributed by atoms with van der Waals surface area (Å²) in [4.78, 5) is 8.82. The monoisotopic (exact) mass is 246 g/mol. The summed E-state index contributed by atoms with van der Waals surface area (Å²) in [5, 5.41) is 16.2. The predicted molar refractivity (Wildman–Crippen MR) is 73.9 cm³/mol. The molecule has 3 N–H and O–H groups in total. The SMILES string of the molecule is CNc1nc(NC(C)CCO)c2ccccc2n1. The Morgan fingerprint density at radius 2 is 2.06 bits per heavy atom. The van der Waals surface area contributed by atoms with E-state index < -0.39 is 0 Å². The molecule has 0 saturated carbocycles. The van der Waals surface area contributed by atoms with E-state index in [1.807, 2.05) is 31.2 Å². The number of nitrogens with one attached hydrogen (secondary N) is 2. The number of hydrogen-bond donors (Lipinski definition) is 3. The van der Waals surface area contributed by atoms with Crippen molar-refractivity contribution in [2.24, 2.45) is 0 Å². The summed E-state index contributed by atoms with van der Waals surface area (Å²) in [5.74, 6) is 1.39. The topological polar surface area (TPSA) is 70.1 Å². The van der Waals surface area contributed by atoms with Crippen LogP contribution in [-0.2, 0) is 0 Å². The van der Waals surface area contributed by atoms with E-state index in [0.29, 0.717) is 12.4 Å². The summed E-state index contributed by atoms with van der Waals surface area (Å²) < 4.78 is 0. The Morgan fingerprint density at radius 3 is 2.78 bits per heavy atom. The molecule has 5 nitrogen and oxygen atoms in total. The third-order valence-corrected chi connectivity index (χ3v) is 2.77. The first kappa shape index (κ1) is 12.6. The van der Waals surface area contributed by atoms with E-state index in [-0.39, 0.29) is 12.6 Å². The second-order valence-electron chi connectivity index (χ2n) is 4.22. The predicted octanol–water partition coefficient (Wildman–Crippen LogP) is 1.85. The molecule has 5 heteroatoms. The molecular formula is C13H18N4O. The average Bonchev–Trinajstić information content (AvgIpc) is 2.38. The molecule has 1 atom stereocenters. The first-order valence-electron chi connectivity index (χ1n) is 6.06. The highest BCUT2D eigenvalue weighted by Gasteiger charge is 2.09. The zero-order valence-corrected chi connectivity index (χ0v) is 10.6. The summed E-state index contributed by atoms with van der Waals surface area (Å²) in [6.45, 7) is 2.18. The van der Waals surface area contributed by atoms with Crippen LogP contribution in [0, 0.1) is 0 Å². The van der Waals surface area contributed by atoms with E-state index in [0.717, 1.165) is 16.7 Å². The molecule has 1 unspecified atom stereocenters.